The molecule has 0 aliphatic heterocycles. The van der Waals surface area contributed by atoms with Gasteiger partial charge in [-0.1, -0.05) is 45.9 Å². The van der Waals surface area contributed by atoms with Crippen LogP contribution in [0.1, 0.15) is 44.7 Å². The van der Waals surface area contributed by atoms with E-state index in [0.717, 1.165) is 16.8 Å². The van der Waals surface area contributed by atoms with E-state index in [2.05, 4.69) is 23.9 Å². The summed E-state index contributed by atoms with van der Waals surface area (Å²) in [7, 11) is -3.32. The number of aryl methyl sites for hydroxylation is 1. The zero-order valence-corrected chi connectivity index (χ0v) is 13.8. The van der Waals surface area contributed by atoms with E-state index >= 15 is 0 Å². The van der Waals surface area contributed by atoms with Gasteiger partial charge in [-0.2, -0.15) is 0 Å². The number of anilines is 1. The number of benzene rings is 1. The SMILES string of the molecule is Cc1cccc(C(C)C)c1NS(=O)(=O)CCNC(C)C. The number of sulfonamides is 1. The largest absolute Gasteiger partial charge is 0.313 e. The Kier molecular flexibility index (Phi) is 6.02. The van der Waals surface area contributed by atoms with E-state index in [1.54, 1.807) is 0 Å². The lowest BCUT2D eigenvalue weighted by molar-refractivity contribution is 0.582. The van der Waals surface area contributed by atoms with Gasteiger partial charge in [0.1, 0.15) is 0 Å². The Morgan fingerprint density at radius 2 is 1.80 bits per heavy atom. The highest BCUT2D eigenvalue weighted by Crippen LogP contribution is 2.28. The Bertz CT molecular complexity index is 537. The predicted octanol–water partition coefficient (Wildman–Crippen LogP) is 2.86. The molecule has 1 rings (SSSR count). The summed E-state index contributed by atoms with van der Waals surface area (Å²) in [5.74, 6) is 0.359. The normalized spacial score (nSPS) is 12.2. The van der Waals surface area contributed by atoms with Crippen LogP contribution in [0.2, 0.25) is 0 Å². The minimum Gasteiger partial charge on any atom is -0.313 e. The molecule has 5 heteroatoms. The average molecular weight is 298 g/mol. The zero-order valence-electron chi connectivity index (χ0n) is 13.0. The van der Waals surface area contributed by atoms with E-state index in [1.165, 1.54) is 0 Å². The van der Waals surface area contributed by atoms with Crippen LogP contribution in [-0.4, -0.2) is 26.8 Å². The molecule has 0 aliphatic carbocycles. The number of para-hydroxylation sites is 1. The molecule has 0 aliphatic rings. The van der Waals surface area contributed by atoms with E-state index in [1.807, 2.05) is 39.0 Å². The monoisotopic (exact) mass is 298 g/mol. The molecule has 4 nitrogen and oxygen atoms in total. The first-order valence-electron chi connectivity index (χ1n) is 7.06. The fraction of sp³-hybridized carbons (Fsp3) is 0.600. The summed E-state index contributed by atoms with van der Waals surface area (Å²) < 4.78 is 27.1. The quantitative estimate of drug-likeness (QED) is 0.814. The van der Waals surface area contributed by atoms with Crippen molar-refractivity contribution in [2.75, 3.05) is 17.0 Å². The molecular weight excluding hydrogens is 272 g/mol. The molecule has 0 bridgehead atoms. The fourth-order valence-electron chi connectivity index (χ4n) is 2.00. The number of nitrogens with one attached hydrogen (secondary N) is 2. The van der Waals surface area contributed by atoms with Gasteiger partial charge >= 0.3 is 0 Å². The van der Waals surface area contributed by atoms with Crippen LogP contribution < -0.4 is 10.0 Å². The van der Waals surface area contributed by atoms with Crippen LogP contribution >= 0.6 is 0 Å². The zero-order chi connectivity index (χ0) is 15.3. The van der Waals surface area contributed by atoms with Crippen LogP contribution in [0.25, 0.3) is 0 Å². The van der Waals surface area contributed by atoms with Crippen LogP contribution in [0.4, 0.5) is 5.69 Å². The minimum absolute atomic E-state index is 0.0804. The summed E-state index contributed by atoms with van der Waals surface area (Å²) in [4.78, 5) is 0. The second kappa shape index (κ2) is 7.09. The summed E-state index contributed by atoms with van der Waals surface area (Å²) in [6.45, 7) is 10.5. The third-order valence-corrected chi connectivity index (χ3v) is 4.36. The van der Waals surface area contributed by atoms with Crippen molar-refractivity contribution >= 4 is 15.7 Å². The van der Waals surface area contributed by atoms with Crippen LogP contribution in [0.15, 0.2) is 18.2 Å². The number of hydrogen-bond acceptors (Lipinski definition) is 3. The van der Waals surface area contributed by atoms with Crippen LogP contribution in [-0.2, 0) is 10.0 Å². The maximum atomic E-state index is 12.2. The predicted molar refractivity (Wildman–Crippen MR) is 85.8 cm³/mol. The molecule has 1 aromatic rings. The summed E-state index contributed by atoms with van der Waals surface area (Å²) in [5, 5.41) is 3.12. The fourth-order valence-corrected chi connectivity index (χ4v) is 3.08. The highest BCUT2D eigenvalue weighted by molar-refractivity contribution is 7.92. The van der Waals surface area contributed by atoms with E-state index in [-0.39, 0.29) is 17.7 Å². The van der Waals surface area contributed by atoms with Crippen molar-refractivity contribution in [3.63, 3.8) is 0 Å². The number of rotatable bonds is 7. The Labute approximate surface area is 123 Å². The Morgan fingerprint density at radius 1 is 1.15 bits per heavy atom. The Balaban J connectivity index is 2.87. The first kappa shape index (κ1) is 17.0. The molecule has 0 saturated carbocycles. The third-order valence-electron chi connectivity index (χ3n) is 3.11. The van der Waals surface area contributed by atoms with E-state index in [0.29, 0.717) is 6.54 Å². The molecule has 0 amide bonds. The van der Waals surface area contributed by atoms with Gasteiger partial charge in [0.25, 0.3) is 0 Å². The first-order chi connectivity index (χ1) is 9.23. The summed E-state index contributed by atoms with van der Waals surface area (Å²) in [6.07, 6.45) is 0. The molecule has 0 unspecified atom stereocenters. The molecule has 0 aromatic heterocycles. The Hall–Kier alpha value is -1.07. The standard InChI is InChI=1S/C15H26N2O2S/c1-11(2)14-8-6-7-13(5)15(14)17-20(18,19)10-9-16-12(3)4/h6-8,11-12,16-17H,9-10H2,1-5H3. The van der Waals surface area contributed by atoms with Crippen molar-refractivity contribution < 1.29 is 8.42 Å². The topological polar surface area (TPSA) is 58.2 Å². The molecule has 0 radical (unpaired) electrons. The van der Waals surface area contributed by atoms with Crippen molar-refractivity contribution in [2.24, 2.45) is 0 Å². The summed E-state index contributed by atoms with van der Waals surface area (Å²) in [6, 6.07) is 6.15. The van der Waals surface area contributed by atoms with Gasteiger partial charge in [-0.05, 0) is 24.0 Å². The molecule has 20 heavy (non-hydrogen) atoms. The summed E-state index contributed by atoms with van der Waals surface area (Å²) in [5.41, 5.74) is 2.72. The van der Waals surface area contributed by atoms with Crippen molar-refractivity contribution in [3.05, 3.63) is 29.3 Å². The lowest BCUT2D eigenvalue weighted by Gasteiger charge is -2.17. The summed E-state index contributed by atoms with van der Waals surface area (Å²) >= 11 is 0. The van der Waals surface area contributed by atoms with Crippen molar-refractivity contribution in [2.45, 2.75) is 46.6 Å². The maximum absolute atomic E-state index is 12.2. The van der Waals surface area contributed by atoms with Gasteiger partial charge in [0.15, 0.2) is 0 Å². The maximum Gasteiger partial charge on any atom is 0.233 e. The van der Waals surface area contributed by atoms with Crippen molar-refractivity contribution in [1.82, 2.24) is 5.32 Å². The smallest absolute Gasteiger partial charge is 0.233 e. The molecule has 0 spiro atoms. The van der Waals surface area contributed by atoms with Gasteiger partial charge in [-0.3, -0.25) is 4.72 Å². The molecule has 114 valence electrons. The molecular formula is C15H26N2O2S. The van der Waals surface area contributed by atoms with Gasteiger partial charge in [-0.15, -0.1) is 0 Å². The molecule has 0 atom stereocenters. The van der Waals surface area contributed by atoms with E-state index < -0.39 is 10.0 Å². The second-order valence-corrected chi connectivity index (χ2v) is 7.57. The molecule has 0 saturated heterocycles. The average Bonchev–Trinajstić information content (AvgIpc) is 2.30. The Morgan fingerprint density at radius 3 is 2.35 bits per heavy atom. The lowest BCUT2D eigenvalue weighted by atomic mass is 9.99. The van der Waals surface area contributed by atoms with Crippen LogP contribution in [0.3, 0.4) is 0 Å². The lowest BCUT2D eigenvalue weighted by Crippen LogP contribution is -2.31. The van der Waals surface area contributed by atoms with E-state index in [4.69, 9.17) is 0 Å². The van der Waals surface area contributed by atoms with Gasteiger partial charge in [0.2, 0.25) is 10.0 Å². The van der Waals surface area contributed by atoms with Gasteiger partial charge in [-0.25, -0.2) is 8.42 Å². The highest BCUT2D eigenvalue weighted by Gasteiger charge is 2.16. The van der Waals surface area contributed by atoms with Gasteiger partial charge in [0, 0.05) is 12.6 Å². The molecule has 0 heterocycles. The second-order valence-electron chi connectivity index (χ2n) is 5.72. The van der Waals surface area contributed by atoms with Crippen LogP contribution in [0.5, 0.6) is 0 Å². The van der Waals surface area contributed by atoms with Gasteiger partial charge < -0.3 is 5.32 Å². The van der Waals surface area contributed by atoms with E-state index in [9.17, 15) is 8.42 Å². The molecule has 1 aromatic carbocycles. The van der Waals surface area contributed by atoms with Crippen LogP contribution in [0, 0.1) is 6.92 Å². The van der Waals surface area contributed by atoms with Crippen molar-refractivity contribution in [3.8, 4) is 0 Å². The first-order valence-corrected chi connectivity index (χ1v) is 8.71. The highest BCUT2D eigenvalue weighted by atomic mass is 32.2. The van der Waals surface area contributed by atoms with Crippen molar-refractivity contribution in [1.29, 1.82) is 0 Å². The molecule has 2 N–H and O–H groups in total. The minimum atomic E-state index is -3.32. The third kappa shape index (κ3) is 5.13. The molecule has 0 fully saturated rings. The number of hydrogen-bond donors (Lipinski definition) is 2. The van der Waals surface area contributed by atoms with Gasteiger partial charge in [0.05, 0.1) is 11.4 Å².